The van der Waals surface area contributed by atoms with Crippen molar-refractivity contribution in [3.05, 3.63) is 47.8 Å². The molecule has 2 heterocycles. The number of anilines is 1. The van der Waals surface area contributed by atoms with Crippen molar-refractivity contribution in [2.24, 2.45) is 0 Å². The standard InChI is InChI=1S/C15H18FN3O/c1-19(9-11-4-5-20-10-11)15-12(6-13(16)8-18-15)7-17-14-2-3-14/h4-6,8,10,14,17H,2-3,7,9H2,1H3. The first kappa shape index (κ1) is 13.1. The lowest BCUT2D eigenvalue weighted by Crippen LogP contribution is -2.22. The second-order valence-corrected chi connectivity index (χ2v) is 5.28. The molecular weight excluding hydrogens is 257 g/mol. The summed E-state index contributed by atoms with van der Waals surface area (Å²) in [6.07, 6.45) is 7.05. The minimum absolute atomic E-state index is 0.293. The molecule has 0 atom stereocenters. The van der Waals surface area contributed by atoms with E-state index in [4.69, 9.17) is 4.42 Å². The molecule has 106 valence electrons. The van der Waals surface area contributed by atoms with Gasteiger partial charge in [-0.05, 0) is 25.0 Å². The van der Waals surface area contributed by atoms with Crippen LogP contribution in [0.25, 0.3) is 0 Å². The van der Waals surface area contributed by atoms with Gasteiger partial charge in [-0.25, -0.2) is 9.37 Å². The number of halogens is 1. The van der Waals surface area contributed by atoms with Crippen molar-refractivity contribution in [1.29, 1.82) is 0 Å². The van der Waals surface area contributed by atoms with Gasteiger partial charge < -0.3 is 14.6 Å². The third kappa shape index (κ3) is 3.17. The summed E-state index contributed by atoms with van der Waals surface area (Å²) >= 11 is 0. The molecule has 2 aromatic heterocycles. The molecule has 1 saturated carbocycles. The van der Waals surface area contributed by atoms with Gasteiger partial charge in [0.25, 0.3) is 0 Å². The van der Waals surface area contributed by atoms with Crippen molar-refractivity contribution in [2.75, 3.05) is 11.9 Å². The van der Waals surface area contributed by atoms with E-state index in [9.17, 15) is 4.39 Å². The monoisotopic (exact) mass is 275 g/mol. The van der Waals surface area contributed by atoms with E-state index < -0.39 is 0 Å². The van der Waals surface area contributed by atoms with Gasteiger partial charge in [0.05, 0.1) is 18.7 Å². The molecule has 3 rings (SSSR count). The highest BCUT2D eigenvalue weighted by Gasteiger charge is 2.21. The molecule has 0 spiro atoms. The van der Waals surface area contributed by atoms with Crippen LogP contribution in [0, 0.1) is 5.82 Å². The van der Waals surface area contributed by atoms with Crippen molar-refractivity contribution >= 4 is 5.82 Å². The molecular formula is C15H18FN3O. The molecule has 1 aliphatic rings. The predicted molar refractivity (Wildman–Crippen MR) is 74.9 cm³/mol. The molecule has 2 aromatic rings. The Bertz CT molecular complexity index is 567. The zero-order chi connectivity index (χ0) is 13.9. The number of hydrogen-bond donors (Lipinski definition) is 1. The number of hydrogen-bond acceptors (Lipinski definition) is 4. The van der Waals surface area contributed by atoms with E-state index in [-0.39, 0.29) is 5.82 Å². The first-order valence-electron chi connectivity index (χ1n) is 6.82. The maximum absolute atomic E-state index is 13.4. The van der Waals surface area contributed by atoms with Crippen molar-refractivity contribution in [3.8, 4) is 0 Å². The van der Waals surface area contributed by atoms with E-state index in [1.807, 2.05) is 18.0 Å². The molecule has 0 aromatic carbocycles. The third-order valence-corrected chi connectivity index (χ3v) is 3.43. The summed E-state index contributed by atoms with van der Waals surface area (Å²) in [6, 6.07) is 4.07. The average Bonchev–Trinajstić information content (AvgIpc) is 3.13. The second kappa shape index (κ2) is 5.63. The van der Waals surface area contributed by atoms with Gasteiger partial charge >= 0.3 is 0 Å². The summed E-state index contributed by atoms with van der Waals surface area (Å²) in [5.41, 5.74) is 1.96. The molecule has 0 bridgehead atoms. The Balaban J connectivity index is 1.75. The predicted octanol–water partition coefficient (Wildman–Crippen LogP) is 2.70. The molecule has 0 unspecified atom stereocenters. The number of nitrogens with zero attached hydrogens (tertiary/aromatic N) is 2. The maximum atomic E-state index is 13.4. The number of pyridine rings is 1. The molecule has 20 heavy (non-hydrogen) atoms. The van der Waals surface area contributed by atoms with E-state index >= 15 is 0 Å². The van der Waals surface area contributed by atoms with Gasteiger partial charge in [-0.2, -0.15) is 0 Å². The Labute approximate surface area is 117 Å². The summed E-state index contributed by atoms with van der Waals surface area (Å²) in [5.74, 6) is 0.513. The fraction of sp³-hybridized carbons (Fsp3) is 0.400. The number of nitrogens with one attached hydrogen (secondary N) is 1. The summed E-state index contributed by atoms with van der Waals surface area (Å²) in [5, 5.41) is 3.40. The van der Waals surface area contributed by atoms with Crippen LogP contribution in [0.3, 0.4) is 0 Å². The van der Waals surface area contributed by atoms with Crippen molar-refractivity contribution in [1.82, 2.24) is 10.3 Å². The summed E-state index contributed by atoms with van der Waals surface area (Å²) in [4.78, 5) is 6.25. The van der Waals surface area contributed by atoms with Crippen LogP contribution in [0.2, 0.25) is 0 Å². The van der Waals surface area contributed by atoms with E-state index in [0.29, 0.717) is 19.1 Å². The Hall–Kier alpha value is -1.88. The van der Waals surface area contributed by atoms with Crippen LogP contribution in [0.15, 0.2) is 35.3 Å². The Morgan fingerprint density at radius 1 is 1.50 bits per heavy atom. The van der Waals surface area contributed by atoms with Gasteiger partial charge in [-0.1, -0.05) is 0 Å². The van der Waals surface area contributed by atoms with E-state index in [0.717, 1.165) is 16.9 Å². The minimum atomic E-state index is -0.293. The molecule has 1 fully saturated rings. The fourth-order valence-corrected chi connectivity index (χ4v) is 2.22. The third-order valence-electron chi connectivity index (χ3n) is 3.43. The molecule has 0 aliphatic heterocycles. The topological polar surface area (TPSA) is 41.3 Å². The lowest BCUT2D eigenvalue weighted by atomic mass is 10.2. The second-order valence-electron chi connectivity index (χ2n) is 5.28. The quantitative estimate of drug-likeness (QED) is 0.880. The van der Waals surface area contributed by atoms with Crippen LogP contribution in [-0.2, 0) is 13.1 Å². The molecule has 1 aliphatic carbocycles. The lowest BCUT2D eigenvalue weighted by molar-refractivity contribution is 0.563. The van der Waals surface area contributed by atoms with Crippen molar-refractivity contribution in [2.45, 2.75) is 32.0 Å². The Morgan fingerprint density at radius 2 is 2.35 bits per heavy atom. The van der Waals surface area contributed by atoms with Gasteiger partial charge in [0.15, 0.2) is 0 Å². The normalized spacial score (nSPS) is 14.5. The highest BCUT2D eigenvalue weighted by Crippen LogP contribution is 2.23. The Morgan fingerprint density at radius 3 is 3.05 bits per heavy atom. The van der Waals surface area contributed by atoms with Crippen LogP contribution >= 0.6 is 0 Å². The molecule has 0 saturated heterocycles. The van der Waals surface area contributed by atoms with Crippen molar-refractivity contribution in [3.63, 3.8) is 0 Å². The van der Waals surface area contributed by atoms with E-state index in [1.54, 1.807) is 18.6 Å². The first-order valence-corrected chi connectivity index (χ1v) is 6.82. The molecule has 1 N–H and O–H groups in total. The SMILES string of the molecule is CN(Cc1ccoc1)c1ncc(F)cc1CNC1CC1. The smallest absolute Gasteiger partial charge is 0.141 e. The number of aromatic nitrogens is 1. The van der Waals surface area contributed by atoms with E-state index in [2.05, 4.69) is 10.3 Å². The van der Waals surface area contributed by atoms with Gasteiger partial charge in [-0.15, -0.1) is 0 Å². The minimum Gasteiger partial charge on any atom is -0.472 e. The van der Waals surface area contributed by atoms with Crippen LogP contribution in [-0.4, -0.2) is 18.1 Å². The first-order chi connectivity index (χ1) is 9.72. The summed E-state index contributed by atoms with van der Waals surface area (Å²) in [6.45, 7) is 1.34. The average molecular weight is 275 g/mol. The molecule has 0 radical (unpaired) electrons. The van der Waals surface area contributed by atoms with Crippen LogP contribution in [0.1, 0.15) is 24.0 Å². The summed E-state index contributed by atoms with van der Waals surface area (Å²) in [7, 11) is 1.95. The fourth-order valence-electron chi connectivity index (χ4n) is 2.22. The largest absolute Gasteiger partial charge is 0.472 e. The zero-order valence-corrected chi connectivity index (χ0v) is 11.5. The van der Waals surface area contributed by atoms with Crippen molar-refractivity contribution < 1.29 is 8.81 Å². The van der Waals surface area contributed by atoms with E-state index in [1.165, 1.54) is 19.0 Å². The van der Waals surface area contributed by atoms with Gasteiger partial charge in [0.1, 0.15) is 11.6 Å². The van der Waals surface area contributed by atoms with Gasteiger partial charge in [0, 0.05) is 37.3 Å². The highest BCUT2D eigenvalue weighted by atomic mass is 19.1. The Kier molecular flexibility index (Phi) is 3.69. The highest BCUT2D eigenvalue weighted by molar-refractivity contribution is 5.46. The molecule has 0 amide bonds. The maximum Gasteiger partial charge on any atom is 0.141 e. The zero-order valence-electron chi connectivity index (χ0n) is 11.5. The molecule has 5 heteroatoms. The van der Waals surface area contributed by atoms with Gasteiger partial charge in [0.2, 0.25) is 0 Å². The molecule has 4 nitrogen and oxygen atoms in total. The number of rotatable bonds is 6. The number of furan rings is 1. The lowest BCUT2D eigenvalue weighted by Gasteiger charge is -2.20. The summed E-state index contributed by atoms with van der Waals surface area (Å²) < 4.78 is 18.5. The van der Waals surface area contributed by atoms with Crippen LogP contribution in [0.4, 0.5) is 10.2 Å². The van der Waals surface area contributed by atoms with Crippen LogP contribution < -0.4 is 10.2 Å². The van der Waals surface area contributed by atoms with Gasteiger partial charge in [-0.3, -0.25) is 0 Å². The van der Waals surface area contributed by atoms with Crippen LogP contribution in [0.5, 0.6) is 0 Å².